The molecule has 2 aromatic carbocycles. The summed E-state index contributed by atoms with van der Waals surface area (Å²) in [6, 6.07) is 10.8. The molecule has 0 fully saturated rings. The lowest BCUT2D eigenvalue weighted by atomic mass is 9.81. The summed E-state index contributed by atoms with van der Waals surface area (Å²) in [6.07, 6.45) is -3.49. The largest absolute Gasteiger partial charge is 0.573 e. The molecule has 4 rings (SSSR count). The minimum atomic E-state index is -5.07. The van der Waals surface area contributed by atoms with Crippen molar-refractivity contribution in [3.05, 3.63) is 88.5 Å². The summed E-state index contributed by atoms with van der Waals surface area (Å²) < 4.78 is 62.4. The van der Waals surface area contributed by atoms with E-state index in [0.29, 0.717) is 16.9 Å². The fourth-order valence-electron chi connectivity index (χ4n) is 4.44. The van der Waals surface area contributed by atoms with E-state index in [9.17, 15) is 27.2 Å². The standard InChI is InChI=1S/C28H27F4N3O4/c1-16-14-17(7-9-19(16)25(37)34-26(2,3)4)24(36)35-27(11-13-38-22-6-5-12-33-23(22)27)18-8-10-21(20(29)15-18)39-28(30,31)32/h5-10,12,14-15H,11,13H2,1-4H3,(H,34,37)(H,35,36). The summed E-state index contributed by atoms with van der Waals surface area (Å²) in [7, 11) is 0. The predicted molar refractivity (Wildman–Crippen MR) is 134 cm³/mol. The molecule has 206 valence electrons. The van der Waals surface area contributed by atoms with Gasteiger partial charge in [0, 0.05) is 29.3 Å². The lowest BCUT2D eigenvalue weighted by Gasteiger charge is -2.39. The number of aromatic nitrogens is 1. The number of nitrogens with one attached hydrogen (secondary N) is 2. The van der Waals surface area contributed by atoms with Gasteiger partial charge in [-0.25, -0.2) is 4.39 Å². The van der Waals surface area contributed by atoms with Gasteiger partial charge in [0.1, 0.15) is 17.0 Å². The smallest absolute Gasteiger partial charge is 0.491 e. The summed E-state index contributed by atoms with van der Waals surface area (Å²) in [6.45, 7) is 7.38. The quantitative estimate of drug-likeness (QED) is 0.419. The van der Waals surface area contributed by atoms with Crippen molar-refractivity contribution in [3.8, 4) is 11.5 Å². The Balaban J connectivity index is 1.73. The van der Waals surface area contributed by atoms with Crippen LogP contribution in [0.15, 0.2) is 54.7 Å². The molecule has 0 radical (unpaired) electrons. The Morgan fingerprint density at radius 2 is 1.79 bits per heavy atom. The minimum absolute atomic E-state index is 0.117. The number of hydrogen-bond acceptors (Lipinski definition) is 5. The highest BCUT2D eigenvalue weighted by Crippen LogP contribution is 2.42. The molecule has 2 heterocycles. The van der Waals surface area contributed by atoms with Gasteiger partial charge in [-0.3, -0.25) is 14.6 Å². The van der Waals surface area contributed by atoms with Crippen LogP contribution in [0, 0.1) is 12.7 Å². The predicted octanol–water partition coefficient (Wildman–Crippen LogP) is 5.41. The molecule has 0 bridgehead atoms. The second-order valence-corrected chi connectivity index (χ2v) is 10.2. The molecule has 3 aromatic rings. The maximum atomic E-state index is 14.8. The van der Waals surface area contributed by atoms with Gasteiger partial charge in [0.25, 0.3) is 11.8 Å². The number of halogens is 4. The summed E-state index contributed by atoms with van der Waals surface area (Å²) >= 11 is 0. The molecule has 0 aliphatic carbocycles. The number of carbonyl (C=O) groups is 2. The average Bonchev–Trinajstić information content (AvgIpc) is 2.83. The SMILES string of the molecule is Cc1cc(C(=O)NC2(c3ccc(OC(F)(F)F)c(F)c3)CCOc3cccnc32)ccc1C(=O)NC(C)(C)C. The van der Waals surface area contributed by atoms with Crippen molar-refractivity contribution in [2.45, 2.75) is 51.6 Å². The number of rotatable bonds is 5. The number of aryl methyl sites for hydroxylation is 1. The molecule has 7 nitrogen and oxygen atoms in total. The van der Waals surface area contributed by atoms with Crippen LogP contribution in [-0.2, 0) is 5.54 Å². The van der Waals surface area contributed by atoms with Crippen molar-refractivity contribution in [1.29, 1.82) is 0 Å². The van der Waals surface area contributed by atoms with E-state index in [4.69, 9.17) is 4.74 Å². The molecular formula is C28H27F4N3O4. The first-order valence-electron chi connectivity index (χ1n) is 12.1. The van der Waals surface area contributed by atoms with Gasteiger partial charge in [-0.05, 0) is 81.3 Å². The lowest BCUT2D eigenvalue weighted by molar-refractivity contribution is -0.275. The highest BCUT2D eigenvalue weighted by Gasteiger charge is 2.43. The van der Waals surface area contributed by atoms with Crippen molar-refractivity contribution in [3.63, 3.8) is 0 Å². The number of benzene rings is 2. The summed E-state index contributed by atoms with van der Waals surface area (Å²) in [5.41, 5.74) is -0.276. The maximum absolute atomic E-state index is 14.8. The maximum Gasteiger partial charge on any atom is 0.573 e. The Morgan fingerprint density at radius 1 is 1.05 bits per heavy atom. The van der Waals surface area contributed by atoms with Gasteiger partial charge in [-0.2, -0.15) is 0 Å². The van der Waals surface area contributed by atoms with Crippen LogP contribution >= 0.6 is 0 Å². The van der Waals surface area contributed by atoms with E-state index < -0.39 is 34.9 Å². The molecular weight excluding hydrogens is 518 g/mol. The highest BCUT2D eigenvalue weighted by atomic mass is 19.4. The molecule has 1 aliphatic heterocycles. The second-order valence-electron chi connectivity index (χ2n) is 10.2. The average molecular weight is 546 g/mol. The van der Waals surface area contributed by atoms with Gasteiger partial charge in [0.05, 0.1) is 6.61 Å². The summed E-state index contributed by atoms with van der Waals surface area (Å²) in [5, 5.41) is 5.79. The third-order valence-corrected chi connectivity index (χ3v) is 6.11. The first-order valence-corrected chi connectivity index (χ1v) is 12.1. The van der Waals surface area contributed by atoms with E-state index in [1.54, 1.807) is 25.1 Å². The van der Waals surface area contributed by atoms with Gasteiger partial charge in [-0.1, -0.05) is 6.07 Å². The molecule has 1 aliphatic rings. The zero-order chi connectivity index (χ0) is 28.6. The Labute approximate surface area is 222 Å². The van der Waals surface area contributed by atoms with Crippen LogP contribution in [0.2, 0.25) is 0 Å². The number of ether oxygens (including phenoxy) is 2. The number of amides is 2. The van der Waals surface area contributed by atoms with Crippen LogP contribution < -0.4 is 20.1 Å². The Morgan fingerprint density at radius 3 is 2.44 bits per heavy atom. The van der Waals surface area contributed by atoms with Crippen molar-refractivity contribution in [1.82, 2.24) is 15.6 Å². The number of hydrogen-bond donors (Lipinski definition) is 2. The van der Waals surface area contributed by atoms with Gasteiger partial charge in [0.2, 0.25) is 0 Å². The van der Waals surface area contributed by atoms with Crippen LogP contribution in [0.5, 0.6) is 11.5 Å². The van der Waals surface area contributed by atoms with E-state index >= 15 is 0 Å². The van der Waals surface area contributed by atoms with Crippen LogP contribution in [0.1, 0.15) is 64.7 Å². The molecule has 1 atom stereocenters. The summed E-state index contributed by atoms with van der Waals surface area (Å²) in [4.78, 5) is 30.6. The van der Waals surface area contributed by atoms with E-state index in [1.807, 2.05) is 20.8 Å². The van der Waals surface area contributed by atoms with Crippen molar-refractivity contribution in [2.75, 3.05) is 6.61 Å². The van der Waals surface area contributed by atoms with Crippen LogP contribution in [-0.4, -0.2) is 35.3 Å². The topological polar surface area (TPSA) is 89.6 Å². The molecule has 11 heteroatoms. The number of carbonyl (C=O) groups excluding carboxylic acids is 2. The van der Waals surface area contributed by atoms with Gasteiger partial charge in [0.15, 0.2) is 11.6 Å². The first kappa shape index (κ1) is 27.9. The molecule has 2 amide bonds. The second kappa shape index (κ2) is 10.2. The number of fused-ring (bicyclic) bond motifs is 1. The molecule has 1 aromatic heterocycles. The third-order valence-electron chi connectivity index (χ3n) is 6.11. The number of nitrogens with zero attached hydrogens (tertiary/aromatic N) is 1. The fourth-order valence-corrected chi connectivity index (χ4v) is 4.44. The monoisotopic (exact) mass is 545 g/mol. The molecule has 0 spiro atoms. The van der Waals surface area contributed by atoms with Gasteiger partial charge < -0.3 is 20.1 Å². The Hall–Kier alpha value is -4.15. The van der Waals surface area contributed by atoms with Crippen LogP contribution in [0.25, 0.3) is 0 Å². The van der Waals surface area contributed by atoms with Crippen molar-refractivity contribution >= 4 is 11.8 Å². The molecule has 0 saturated heterocycles. The zero-order valence-corrected chi connectivity index (χ0v) is 21.7. The van der Waals surface area contributed by atoms with Crippen LogP contribution in [0.3, 0.4) is 0 Å². The fraction of sp³-hybridized carbons (Fsp3) is 0.321. The molecule has 2 N–H and O–H groups in total. The van der Waals surface area contributed by atoms with Crippen molar-refractivity contribution < 1.29 is 36.6 Å². The van der Waals surface area contributed by atoms with Gasteiger partial charge >= 0.3 is 6.36 Å². The van der Waals surface area contributed by atoms with Crippen molar-refractivity contribution in [2.24, 2.45) is 0 Å². The normalized spacial score (nSPS) is 17.0. The first-order chi connectivity index (χ1) is 18.2. The Kier molecular flexibility index (Phi) is 7.29. The van der Waals surface area contributed by atoms with Gasteiger partial charge in [-0.15, -0.1) is 13.2 Å². The summed E-state index contributed by atoms with van der Waals surface area (Å²) in [5.74, 6) is -2.77. The lowest BCUT2D eigenvalue weighted by Crippen LogP contribution is -2.50. The molecule has 39 heavy (non-hydrogen) atoms. The van der Waals surface area contributed by atoms with Crippen LogP contribution in [0.4, 0.5) is 17.6 Å². The highest BCUT2D eigenvalue weighted by molar-refractivity contribution is 5.99. The zero-order valence-electron chi connectivity index (χ0n) is 21.7. The minimum Gasteiger partial charge on any atom is -0.491 e. The van der Waals surface area contributed by atoms with E-state index in [-0.39, 0.29) is 35.8 Å². The number of pyridine rings is 1. The third kappa shape index (κ3) is 6.13. The molecule has 1 unspecified atom stereocenters. The molecule has 0 saturated carbocycles. The van der Waals surface area contributed by atoms with E-state index in [1.165, 1.54) is 24.4 Å². The van der Waals surface area contributed by atoms with E-state index in [0.717, 1.165) is 12.1 Å². The van der Waals surface area contributed by atoms with E-state index in [2.05, 4.69) is 20.4 Å². The number of alkyl halides is 3. The Bertz CT molecular complexity index is 1420.